The first-order valence-corrected chi connectivity index (χ1v) is 18.8. The summed E-state index contributed by atoms with van der Waals surface area (Å²) in [6.07, 6.45) is -5.65. The molecule has 6 rings (SSSR count). The molecule has 2 radical (unpaired) electrons. The summed E-state index contributed by atoms with van der Waals surface area (Å²) in [6.45, 7) is 9.19. The maximum Gasteiger partial charge on any atom is 0.407 e. The second kappa shape index (κ2) is 18.5. The van der Waals surface area contributed by atoms with Gasteiger partial charge in [0, 0.05) is 112 Å². The van der Waals surface area contributed by atoms with Gasteiger partial charge in [0.15, 0.2) is 11.9 Å². The van der Waals surface area contributed by atoms with Gasteiger partial charge in [-0.3, -0.25) is 4.79 Å². The number of carbonyl (C=O) groups is 4. The van der Waals surface area contributed by atoms with Crippen LogP contribution in [-0.4, -0.2) is 116 Å². The number of rotatable bonds is 9. The second-order valence-electron chi connectivity index (χ2n) is 16.4. The molecule has 4 fully saturated rings. The molecule has 1 unspecified atom stereocenters. The largest absolute Gasteiger partial charge is 0.456 e. The van der Waals surface area contributed by atoms with Crippen molar-refractivity contribution >= 4 is 23.8 Å². The average molecular weight is 1210 g/mol. The van der Waals surface area contributed by atoms with Crippen molar-refractivity contribution in [2.24, 2.45) is 22.7 Å². The Morgan fingerprint density at radius 2 is 1.68 bits per heavy atom. The molecule has 5 aliphatic rings. The van der Waals surface area contributed by atoms with Crippen molar-refractivity contribution in [3.8, 4) is 0 Å². The zero-order chi connectivity index (χ0) is 39.4. The Labute approximate surface area is 398 Å². The molecule has 14 nitrogen and oxygen atoms in total. The molecule has 302 valence electrons. The number of nitrogens with one attached hydrogen (secondary N) is 1. The minimum atomic E-state index is -2.28. The van der Waals surface area contributed by atoms with Crippen LogP contribution in [-0.2, 0) is 28.5 Å². The number of Topliss-reactive ketones (excluding diaryl/α,β-unsaturated/α-hetero) is 1. The summed E-state index contributed by atoms with van der Waals surface area (Å²) >= 11 is 0. The second-order valence-corrected chi connectivity index (χ2v) is 16.4. The van der Waals surface area contributed by atoms with Gasteiger partial charge in [0.2, 0.25) is 0 Å². The minimum absolute atomic E-state index is 0. The van der Waals surface area contributed by atoms with E-state index in [9.17, 15) is 44.7 Å². The van der Waals surface area contributed by atoms with Gasteiger partial charge in [-0.2, -0.15) is 0 Å². The molecule has 1 aromatic carbocycles. The third-order valence-corrected chi connectivity index (χ3v) is 13.2. The van der Waals surface area contributed by atoms with Crippen molar-refractivity contribution in [2.45, 2.75) is 127 Å². The van der Waals surface area contributed by atoms with Crippen LogP contribution >= 0.6 is 0 Å². The molecule has 0 aromatic heterocycles. The molecular formula is C40H53Ac2NO13. The molecule has 1 saturated heterocycles. The van der Waals surface area contributed by atoms with E-state index in [4.69, 9.17) is 18.9 Å². The number of hydrogen-bond donors (Lipinski definition) is 6. The van der Waals surface area contributed by atoms with E-state index < -0.39 is 101 Å². The zero-order valence-corrected chi connectivity index (χ0v) is 41.9. The minimum Gasteiger partial charge on any atom is -0.456 e. The first kappa shape index (κ1) is 47.9. The van der Waals surface area contributed by atoms with Crippen molar-refractivity contribution in [1.82, 2.24) is 5.32 Å². The van der Waals surface area contributed by atoms with Crippen LogP contribution in [0.15, 0.2) is 54.1 Å². The Balaban J connectivity index is 0.00000348. The van der Waals surface area contributed by atoms with E-state index >= 15 is 0 Å². The maximum absolute atomic E-state index is 14.7. The average Bonchev–Trinajstić information content (AvgIpc) is 3.15. The molecule has 3 saturated carbocycles. The molecule has 6 N–H and O–H groups in total. The number of esters is 2. The third kappa shape index (κ3) is 8.18. The van der Waals surface area contributed by atoms with Crippen LogP contribution in [0.4, 0.5) is 4.79 Å². The van der Waals surface area contributed by atoms with Crippen LogP contribution in [0.5, 0.6) is 0 Å². The van der Waals surface area contributed by atoms with Crippen LogP contribution in [0.2, 0.25) is 0 Å². The number of amides is 1. The Hall–Kier alpha value is -0.777. The number of aliphatic hydroxyl groups excluding tert-OH is 3. The fourth-order valence-electron chi connectivity index (χ4n) is 9.99. The summed E-state index contributed by atoms with van der Waals surface area (Å²) in [7, 11) is 0. The topological polar surface area (TPSA) is 218 Å². The molecule has 56 heavy (non-hydrogen) atoms. The van der Waals surface area contributed by atoms with Crippen molar-refractivity contribution in [3.05, 3.63) is 59.7 Å². The first-order valence-electron chi connectivity index (χ1n) is 18.8. The predicted octanol–water partition coefficient (Wildman–Crippen LogP) is 2.28. The quantitative estimate of drug-likeness (QED) is 0.119. The Morgan fingerprint density at radius 3 is 2.27 bits per heavy atom. The number of carbonyl (C=O) groups excluding carboxylic acids is 4. The van der Waals surface area contributed by atoms with Gasteiger partial charge in [0.1, 0.15) is 36.1 Å². The Morgan fingerprint density at radius 1 is 1.04 bits per heavy atom. The van der Waals surface area contributed by atoms with Crippen LogP contribution in [0.25, 0.3) is 0 Å². The molecule has 16 heteroatoms. The molecule has 4 aliphatic carbocycles. The van der Waals surface area contributed by atoms with Crippen LogP contribution in [0.1, 0.15) is 83.0 Å². The first-order chi connectivity index (χ1) is 25.4. The molecule has 1 aliphatic heterocycles. The van der Waals surface area contributed by atoms with E-state index in [1.807, 2.05) is 0 Å². The number of ether oxygens (including phenoxy) is 4. The molecule has 1 aromatic rings. The molecule has 2 bridgehead atoms. The molecule has 1 amide bonds. The van der Waals surface area contributed by atoms with Crippen LogP contribution in [0, 0.1) is 111 Å². The van der Waals surface area contributed by atoms with Gasteiger partial charge >= 0.3 is 18.0 Å². The summed E-state index contributed by atoms with van der Waals surface area (Å²) in [5.41, 5.74) is -7.38. The number of alkyl carbamates (subject to hydrolysis) is 1. The predicted molar refractivity (Wildman–Crippen MR) is 191 cm³/mol. The van der Waals surface area contributed by atoms with Gasteiger partial charge in [-0.05, 0) is 55.9 Å². The van der Waals surface area contributed by atoms with Crippen molar-refractivity contribution in [3.63, 3.8) is 0 Å². The number of benzene rings is 1. The summed E-state index contributed by atoms with van der Waals surface area (Å²) in [4.78, 5) is 55.2. The van der Waals surface area contributed by atoms with Crippen LogP contribution in [0.3, 0.4) is 0 Å². The summed E-state index contributed by atoms with van der Waals surface area (Å²) in [5.74, 6) is -4.69. The summed E-state index contributed by atoms with van der Waals surface area (Å²) < 4.78 is 22.9. The maximum atomic E-state index is 14.7. The van der Waals surface area contributed by atoms with Gasteiger partial charge in [-0.1, -0.05) is 64.0 Å². The van der Waals surface area contributed by atoms with Gasteiger partial charge in [0.05, 0.1) is 35.8 Å². The number of aliphatic hydroxyl groups is 5. The summed E-state index contributed by atoms with van der Waals surface area (Å²) in [6, 6.07) is 6.85. The SMILES string of the molecule is C=CCOC(=O)N[C@@H](C1CCCCC1)[C@@H](O)C(=O)OC1C[C@@]2(O)[C@@H](OC(=O)c3ccccc3)[C@@H]3[C@]4(O)CO[C@@H]4C[C@H](O)[C@@]3(C)C(=O)[C@H](O)C(=C1C)C2(C)C.[Ac].[Ac]. The van der Waals surface area contributed by atoms with Crippen LogP contribution < -0.4 is 5.32 Å². The van der Waals surface area contributed by atoms with Gasteiger partial charge in [-0.15, -0.1) is 0 Å². The summed E-state index contributed by atoms with van der Waals surface area (Å²) in [5, 5.41) is 63.3. The molecule has 0 spiro atoms. The fourth-order valence-corrected chi connectivity index (χ4v) is 9.99. The van der Waals surface area contributed by atoms with Crippen molar-refractivity contribution in [2.75, 3.05) is 13.2 Å². The number of fused-ring (bicyclic) bond motifs is 5. The standard InChI is InChI=1S/C40H53NO13.2Ac/c1-6-17-51-36(48)41-28(22-13-9-7-10-14-22)30(44)35(47)53-24-19-40(50)33(54-34(46)23-15-11-8-12-16-23)31-38(5,25(42)18-26-39(31,49)20-52-26)32(45)29(43)27(21(24)2)37(40,3)4;;/h6,8,11-12,15-16,22,24-26,28-31,33,42-44,49-50H,1,7,9-10,13-14,17-20H2,2-5H3,(H,41,48);;/t24?,25-,26+,28-,29+,30+,31-,33-,38+,39-,40+;;/m0../s1. The Bertz CT molecular complexity index is 1680. The van der Waals surface area contributed by atoms with Crippen molar-refractivity contribution in [1.29, 1.82) is 0 Å². The normalized spacial score (nSPS) is 35.8. The van der Waals surface area contributed by atoms with E-state index in [1.54, 1.807) is 32.0 Å². The zero-order valence-electron chi connectivity index (χ0n) is 32.4. The molecule has 1 heterocycles. The number of hydrogen-bond acceptors (Lipinski definition) is 13. The monoisotopic (exact) mass is 1210 g/mol. The number of ketones is 1. The Kier molecular flexibility index (Phi) is 15.8. The van der Waals surface area contributed by atoms with E-state index in [1.165, 1.54) is 32.1 Å². The van der Waals surface area contributed by atoms with E-state index in [-0.39, 0.29) is 130 Å². The molecular weight excluding hydrogens is 1160 g/mol. The van der Waals surface area contributed by atoms with E-state index in [0.717, 1.165) is 19.3 Å². The van der Waals surface area contributed by atoms with Gasteiger partial charge in [0.25, 0.3) is 0 Å². The smallest absolute Gasteiger partial charge is 0.407 e. The molecule has 11 atom stereocenters. The van der Waals surface area contributed by atoms with Crippen molar-refractivity contribution < 1.29 is 152 Å². The fraction of sp³-hybridized carbons (Fsp3) is 0.650. The van der Waals surface area contributed by atoms with E-state index in [0.29, 0.717) is 12.8 Å². The van der Waals surface area contributed by atoms with Gasteiger partial charge < -0.3 is 49.8 Å². The third-order valence-electron chi connectivity index (χ3n) is 13.2. The van der Waals surface area contributed by atoms with Gasteiger partial charge in [-0.25, -0.2) is 14.4 Å². The van der Waals surface area contributed by atoms with E-state index in [2.05, 4.69) is 11.9 Å².